The van der Waals surface area contributed by atoms with Crippen molar-refractivity contribution < 1.29 is 13.6 Å². The lowest BCUT2D eigenvalue weighted by Crippen LogP contribution is -2.34. The van der Waals surface area contributed by atoms with Crippen LogP contribution in [0.5, 0.6) is 0 Å². The van der Waals surface area contributed by atoms with Crippen molar-refractivity contribution in [2.75, 3.05) is 0 Å². The number of nitrogens with zero attached hydrogens (tertiary/aromatic N) is 3. The number of carbonyl (C=O) groups is 1. The van der Waals surface area contributed by atoms with Crippen LogP contribution in [0.3, 0.4) is 0 Å². The molecule has 6 nitrogen and oxygen atoms in total. The predicted molar refractivity (Wildman–Crippen MR) is 82.1 cm³/mol. The van der Waals surface area contributed by atoms with E-state index in [0.29, 0.717) is 11.3 Å². The second-order valence-corrected chi connectivity index (χ2v) is 5.86. The lowest BCUT2D eigenvalue weighted by molar-refractivity contribution is -0.125. The number of H-pyrrole nitrogens is 1. The maximum absolute atomic E-state index is 13.7. The summed E-state index contributed by atoms with van der Waals surface area (Å²) in [5.41, 5.74) is 1.38. The van der Waals surface area contributed by atoms with Gasteiger partial charge in [-0.1, -0.05) is 0 Å². The molecule has 1 aliphatic heterocycles. The van der Waals surface area contributed by atoms with Crippen LogP contribution in [0.15, 0.2) is 24.7 Å². The molecule has 0 spiro atoms. The van der Waals surface area contributed by atoms with E-state index >= 15 is 0 Å². The summed E-state index contributed by atoms with van der Waals surface area (Å²) in [6.45, 7) is 0.120. The van der Waals surface area contributed by atoms with Crippen molar-refractivity contribution >= 4 is 16.9 Å². The van der Waals surface area contributed by atoms with Gasteiger partial charge < -0.3 is 14.9 Å². The van der Waals surface area contributed by atoms with E-state index in [4.69, 9.17) is 0 Å². The van der Waals surface area contributed by atoms with Gasteiger partial charge in [0.15, 0.2) is 11.6 Å². The van der Waals surface area contributed by atoms with Crippen molar-refractivity contribution in [3.63, 3.8) is 0 Å². The lowest BCUT2D eigenvalue weighted by atomic mass is 10.0. The van der Waals surface area contributed by atoms with Gasteiger partial charge in [0.1, 0.15) is 17.4 Å². The molecule has 3 aromatic rings. The number of halogens is 2. The smallest absolute Gasteiger partial charge is 0.243 e. The summed E-state index contributed by atoms with van der Waals surface area (Å²) in [6, 6.07) is 2.17. The summed E-state index contributed by atoms with van der Waals surface area (Å²) in [7, 11) is 0. The van der Waals surface area contributed by atoms with Gasteiger partial charge in [-0.15, -0.1) is 0 Å². The third kappa shape index (κ3) is 2.44. The van der Waals surface area contributed by atoms with Crippen molar-refractivity contribution in [2.24, 2.45) is 0 Å². The molecule has 1 unspecified atom stereocenters. The van der Waals surface area contributed by atoms with Crippen LogP contribution < -0.4 is 5.32 Å². The number of hydrogen-bond acceptors (Lipinski definition) is 3. The number of nitrogens with one attached hydrogen (secondary N) is 2. The number of aromatic amines is 1. The normalized spacial score (nSPS) is 17.0. The van der Waals surface area contributed by atoms with Crippen LogP contribution >= 0.6 is 0 Å². The Morgan fingerprint density at radius 2 is 2.29 bits per heavy atom. The van der Waals surface area contributed by atoms with Crippen molar-refractivity contribution in [1.29, 1.82) is 0 Å². The highest BCUT2D eigenvalue weighted by atomic mass is 19.2. The summed E-state index contributed by atoms with van der Waals surface area (Å²) in [5, 5.41) is 2.80. The highest BCUT2D eigenvalue weighted by Crippen LogP contribution is 2.24. The Bertz CT molecular complexity index is 916. The third-order valence-electron chi connectivity index (χ3n) is 4.32. The minimum absolute atomic E-state index is 0.0613. The van der Waals surface area contributed by atoms with Crippen molar-refractivity contribution in [2.45, 2.75) is 31.8 Å². The number of fused-ring (bicyclic) bond motifs is 2. The third-order valence-corrected chi connectivity index (χ3v) is 4.32. The fourth-order valence-corrected chi connectivity index (χ4v) is 3.12. The van der Waals surface area contributed by atoms with Gasteiger partial charge in [0.2, 0.25) is 5.91 Å². The molecule has 3 heterocycles. The number of carbonyl (C=O) groups excluding carboxylic acids is 1. The molecule has 0 aliphatic carbocycles. The molecule has 0 radical (unpaired) electrons. The summed E-state index contributed by atoms with van der Waals surface area (Å²) in [4.78, 5) is 23.4. The van der Waals surface area contributed by atoms with Gasteiger partial charge >= 0.3 is 0 Å². The molecule has 1 aliphatic rings. The topological polar surface area (TPSA) is 75.6 Å². The van der Waals surface area contributed by atoms with Crippen LogP contribution in [0, 0.1) is 11.6 Å². The number of hydrogen-bond donors (Lipinski definition) is 2. The molecule has 0 fully saturated rings. The zero-order chi connectivity index (χ0) is 16.7. The summed E-state index contributed by atoms with van der Waals surface area (Å²) in [5.74, 6) is -1.69. The largest absolute Gasteiger partial charge is 0.347 e. The van der Waals surface area contributed by atoms with Crippen LogP contribution in [0.2, 0.25) is 0 Å². The number of aromatic nitrogens is 4. The summed E-state index contributed by atoms with van der Waals surface area (Å²) < 4.78 is 28.8. The maximum atomic E-state index is 13.7. The molecule has 0 bridgehead atoms. The van der Waals surface area contributed by atoms with E-state index in [1.165, 1.54) is 6.07 Å². The number of imidazole rings is 2. The van der Waals surface area contributed by atoms with Crippen LogP contribution in [-0.2, 0) is 17.8 Å². The van der Waals surface area contributed by atoms with Crippen LogP contribution in [0.1, 0.15) is 30.4 Å². The van der Waals surface area contributed by atoms with Gasteiger partial charge in [0, 0.05) is 11.9 Å². The Hall–Kier alpha value is -2.77. The molecular weight excluding hydrogens is 316 g/mol. The zero-order valence-corrected chi connectivity index (χ0v) is 12.7. The van der Waals surface area contributed by atoms with Gasteiger partial charge in [0.05, 0.1) is 18.4 Å². The minimum atomic E-state index is -0.989. The molecule has 1 amide bonds. The van der Waals surface area contributed by atoms with Crippen LogP contribution in [0.4, 0.5) is 8.78 Å². The highest BCUT2D eigenvalue weighted by molar-refractivity contribution is 5.80. The van der Waals surface area contributed by atoms with E-state index in [1.807, 2.05) is 4.57 Å². The molecule has 124 valence electrons. The fourth-order valence-electron chi connectivity index (χ4n) is 3.12. The van der Waals surface area contributed by atoms with Crippen LogP contribution in [-0.4, -0.2) is 25.4 Å². The van der Waals surface area contributed by atoms with Gasteiger partial charge in [0.25, 0.3) is 0 Å². The first-order valence-corrected chi connectivity index (χ1v) is 7.74. The highest BCUT2D eigenvalue weighted by Gasteiger charge is 2.25. The molecule has 2 N–H and O–H groups in total. The standard InChI is InChI=1S/C16H15F2N5O/c17-10-4-5-11-15(14(10)18)22-13(21-11)7-20-16(24)12-3-1-2-9-6-19-8-23(9)12/h4-6,8,12H,1-3,7H2,(H,20,24)(H,21,22). The average molecular weight is 331 g/mol. The van der Waals surface area contributed by atoms with Crippen molar-refractivity contribution in [3.8, 4) is 0 Å². The predicted octanol–water partition coefficient (Wildman–Crippen LogP) is 2.23. The Morgan fingerprint density at radius 1 is 1.42 bits per heavy atom. The Morgan fingerprint density at radius 3 is 3.17 bits per heavy atom. The molecule has 0 saturated carbocycles. The van der Waals surface area contributed by atoms with Gasteiger partial charge in [-0.05, 0) is 31.4 Å². The molecule has 1 aromatic carbocycles. The second kappa shape index (κ2) is 5.70. The van der Waals surface area contributed by atoms with Gasteiger partial charge in [-0.25, -0.2) is 18.7 Å². The molecule has 4 rings (SSSR count). The quantitative estimate of drug-likeness (QED) is 0.773. The number of benzene rings is 1. The number of aryl methyl sites for hydroxylation is 1. The van der Waals surface area contributed by atoms with E-state index < -0.39 is 11.6 Å². The Kier molecular flexibility index (Phi) is 3.51. The first-order chi connectivity index (χ1) is 11.6. The van der Waals surface area contributed by atoms with E-state index in [2.05, 4.69) is 20.3 Å². The number of rotatable bonds is 3. The Labute approximate surface area is 135 Å². The minimum Gasteiger partial charge on any atom is -0.347 e. The molecule has 8 heteroatoms. The first-order valence-electron chi connectivity index (χ1n) is 7.74. The second-order valence-electron chi connectivity index (χ2n) is 5.86. The molecule has 24 heavy (non-hydrogen) atoms. The monoisotopic (exact) mass is 331 g/mol. The lowest BCUT2D eigenvalue weighted by Gasteiger charge is -2.24. The van der Waals surface area contributed by atoms with E-state index in [-0.39, 0.29) is 24.0 Å². The number of amides is 1. The maximum Gasteiger partial charge on any atom is 0.243 e. The first kappa shape index (κ1) is 14.8. The summed E-state index contributed by atoms with van der Waals surface area (Å²) in [6.07, 6.45) is 6.03. The van der Waals surface area contributed by atoms with Gasteiger partial charge in [-0.2, -0.15) is 0 Å². The molecular formula is C16H15F2N5O. The fraction of sp³-hybridized carbons (Fsp3) is 0.312. The van der Waals surface area contributed by atoms with E-state index in [9.17, 15) is 13.6 Å². The Balaban J connectivity index is 1.50. The van der Waals surface area contributed by atoms with Crippen molar-refractivity contribution in [3.05, 3.63) is 47.8 Å². The molecule has 2 aromatic heterocycles. The van der Waals surface area contributed by atoms with Crippen molar-refractivity contribution in [1.82, 2.24) is 24.8 Å². The van der Waals surface area contributed by atoms with Gasteiger partial charge in [-0.3, -0.25) is 4.79 Å². The summed E-state index contributed by atoms with van der Waals surface area (Å²) >= 11 is 0. The van der Waals surface area contributed by atoms with E-state index in [1.54, 1.807) is 12.5 Å². The molecule has 0 saturated heterocycles. The van der Waals surface area contributed by atoms with Crippen LogP contribution in [0.25, 0.3) is 11.0 Å². The average Bonchev–Trinajstić information content (AvgIpc) is 3.22. The SMILES string of the molecule is O=C(NCc1nc2c(F)c(F)ccc2[nH]1)C1CCCc2cncn21. The zero-order valence-electron chi connectivity index (χ0n) is 12.7. The van der Waals surface area contributed by atoms with E-state index in [0.717, 1.165) is 31.0 Å². The molecule has 1 atom stereocenters.